The SMILES string of the molecule is CC(NC(=O)OCC1c2ccccc2-c2ccccc21)(C(=O)NC[C@@H]1[C@H](C(=O)O)C1(F)F)C1CC1. The van der Waals surface area contributed by atoms with Gasteiger partial charge in [-0.2, -0.15) is 0 Å². The Morgan fingerprint density at radius 3 is 2.14 bits per heavy atom. The van der Waals surface area contributed by atoms with Gasteiger partial charge >= 0.3 is 12.1 Å². The molecule has 35 heavy (non-hydrogen) atoms. The molecule has 3 atom stereocenters. The van der Waals surface area contributed by atoms with Crippen LogP contribution in [0.3, 0.4) is 0 Å². The van der Waals surface area contributed by atoms with Crippen LogP contribution in [0.25, 0.3) is 11.1 Å². The lowest BCUT2D eigenvalue weighted by Crippen LogP contribution is -2.59. The standard InChI is InChI=1S/C26H26F2N2O5/c1-25(14-10-11-14,23(33)29-12-20-21(22(31)32)26(20,27)28)30-24(34)35-13-19-17-8-4-2-6-15(17)16-7-3-5-9-18(16)19/h2-9,14,19-21H,10-13H2,1H3,(H,29,33)(H,30,34)(H,31,32)/t20-,21-,25?/m1/s1. The second-order valence-corrected chi connectivity index (χ2v) is 9.73. The fraction of sp³-hybridized carbons (Fsp3) is 0.423. The van der Waals surface area contributed by atoms with E-state index < -0.39 is 47.8 Å². The van der Waals surface area contributed by atoms with E-state index in [1.807, 2.05) is 48.5 Å². The van der Waals surface area contributed by atoms with Crippen LogP contribution in [0.4, 0.5) is 13.6 Å². The number of alkyl halides is 2. The van der Waals surface area contributed by atoms with E-state index in [9.17, 15) is 23.2 Å². The zero-order valence-electron chi connectivity index (χ0n) is 19.1. The number of rotatable bonds is 8. The Kier molecular flexibility index (Phi) is 5.53. The molecule has 0 saturated heterocycles. The molecule has 7 nitrogen and oxygen atoms in total. The summed E-state index contributed by atoms with van der Waals surface area (Å²) in [6.07, 6.45) is 0.632. The van der Waals surface area contributed by atoms with Crippen LogP contribution in [0, 0.1) is 17.8 Å². The van der Waals surface area contributed by atoms with Crippen LogP contribution in [0.5, 0.6) is 0 Å². The molecule has 9 heteroatoms. The minimum Gasteiger partial charge on any atom is -0.481 e. The molecule has 0 radical (unpaired) electrons. The fourth-order valence-electron chi connectivity index (χ4n) is 5.22. The number of carbonyl (C=O) groups is 3. The van der Waals surface area contributed by atoms with Gasteiger partial charge in [-0.15, -0.1) is 0 Å². The molecular formula is C26H26F2N2O5. The minimum atomic E-state index is -3.35. The highest BCUT2D eigenvalue weighted by Crippen LogP contribution is 2.55. The molecule has 1 unspecified atom stereocenters. The Morgan fingerprint density at radius 2 is 1.63 bits per heavy atom. The lowest BCUT2D eigenvalue weighted by molar-refractivity contribution is -0.141. The Bertz CT molecular complexity index is 1150. The Morgan fingerprint density at radius 1 is 1.06 bits per heavy atom. The number of hydrogen-bond donors (Lipinski definition) is 3. The molecule has 5 rings (SSSR count). The molecule has 0 aromatic heterocycles. The van der Waals surface area contributed by atoms with Gasteiger partial charge in [0.25, 0.3) is 5.92 Å². The highest BCUT2D eigenvalue weighted by atomic mass is 19.3. The molecular weight excluding hydrogens is 458 g/mol. The van der Waals surface area contributed by atoms with Crippen LogP contribution < -0.4 is 10.6 Å². The van der Waals surface area contributed by atoms with E-state index in [4.69, 9.17) is 9.84 Å². The predicted molar refractivity (Wildman–Crippen MR) is 122 cm³/mol. The van der Waals surface area contributed by atoms with E-state index in [0.717, 1.165) is 22.3 Å². The first-order valence-electron chi connectivity index (χ1n) is 11.7. The van der Waals surface area contributed by atoms with E-state index in [-0.39, 0.29) is 18.4 Å². The zero-order chi connectivity index (χ0) is 25.0. The molecule has 2 aromatic carbocycles. The van der Waals surface area contributed by atoms with Crippen molar-refractivity contribution in [1.29, 1.82) is 0 Å². The average molecular weight is 484 g/mol. The van der Waals surface area contributed by atoms with E-state index in [1.54, 1.807) is 6.92 Å². The van der Waals surface area contributed by atoms with Crippen molar-refractivity contribution < 1.29 is 33.0 Å². The van der Waals surface area contributed by atoms with Crippen LogP contribution in [0.1, 0.15) is 36.8 Å². The third-order valence-electron chi connectivity index (χ3n) is 7.52. The largest absolute Gasteiger partial charge is 0.481 e. The first-order valence-corrected chi connectivity index (χ1v) is 11.7. The van der Waals surface area contributed by atoms with Crippen molar-refractivity contribution in [3.8, 4) is 11.1 Å². The fourth-order valence-corrected chi connectivity index (χ4v) is 5.22. The monoisotopic (exact) mass is 484 g/mol. The summed E-state index contributed by atoms with van der Waals surface area (Å²) < 4.78 is 32.9. The number of hydrogen-bond acceptors (Lipinski definition) is 4. The Labute approximate surface area is 200 Å². The molecule has 3 N–H and O–H groups in total. The molecule has 0 bridgehead atoms. The number of carboxylic acids is 1. The summed E-state index contributed by atoms with van der Waals surface area (Å²) in [6.45, 7) is 1.15. The number of nitrogens with one attached hydrogen (secondary N) is 2. The van der Waals surface area contributed by atoms with Crippen molar-refractivity contribution in [3.05, 3.63) is 59.7 Å². The van der Waals surface area contributed by atoms with E-state index in [2.05, 4.69) is 10.6 Å². The van der Waals surface area contributed by atoms with Crippen LogP contribution in [-0.2, 0) is 14.3 Å². The number of benzene rings is 2. The van der Waals surface area contributed by atoms with Gasteiger partial charge in [-0.25, -0.2) is 13.6 Å². The number of aliphatic carboxylic acids is 1. The highest BCUT2D eigenvalue weighted by Gasteiger charge is 2.72. The number of ether oxygens (including phenoxy) is 1. The topological polar surface area (TPSA) is 105 Å². The van der Waals surface area contributed by atoms with Gasteiger partial charge in [0.15, 0.2) is 0 Å². The van der Waals surface area contributed by atoms with Gasteiger partial charge in [-0.3, -0.25) is 9.59 Å². The maximum atomic E-state index is 13.7. The molecule has 2 amide bonds. The molecule has 184 valence electrons. The summed E-state index contributed by atoms with van der Waals surface area (Å²) in [5.41, 5.74) is 2.96. The smallest absolute Gasteiger partial charge is 0.408 e. The summed E-state index contributed by atoms with van der Waals surface area (Å²) in [7, 11) is 0. The maximum Gasteiger partial charge on any atom is 0.408 e. The van der Waals surface area contributed by atoms with Crippen LogP contribution in [0.15, 0.2) is 48.5 Å². The normalized spacial score (nSPS) is 23.4. The first kappa shape index (κ1) is 23.3. The molecule has 0 aliphatic heterocycles. The maximum absolute atomic E-state index is 13.7. The van der Waals surface area contributed by atoms with Gasteiger partial charge in [0.2, 0.25) is 5.91 Å². The van der Waals surface area contributed by atoms with E-state index in [1.165, 1.54) is 0 Å². The number of fused-ring (bicyclic) bond motifs is 3. The van der Waals surface area contributed by atoms with Gasteiger partial charge in [-0.05, 0) is 47.9 Å². The third-order valence-corrected chi connectivity index (χ3v) is 7.52. The second-order valence-electron chi connectivity index (χ2n) is 9.73. The van der Waals surface area contributed by atoms with Crippen molar-refractivity contribution in [2.45, 2.75) is 37.1 Å². The average Bonchev–Trinajstić information content (AvgIpc) is 3.73. The van der Waals surface area contributed by atoms with Crippen molar-refractivity contribution in [2.24, 2.45) is 17.8 Å². The van der Waals surface area contributed by atoms with Gasteiger partial charge in [0.05, 0.1) is 5.92 Å². The number of alkyl carbamates (subject to hydrolysis) is 1. The summed E-state index contributed by atoms with van der Waals surface area (Å²) in [5, 5.41) is 14.0. The van der Waals surface area contributed by atoms with Crippen molar-refractivity contribution >= 4 is 18.0 Å². The first-order chi connectivity index (χ1) is 16.6. The highest BCUT2D eigenvalue weighted by molar-refractivity contribution is 5.90. The molecule has 2 saturated carbocycles. The summed E-state index contributed by atoms with van der Waals surface area (Å²) in [5.74, 6) is -9.12. The quantitative estimate of drug-likeness (QED) is 0.529. The van der Waals surface area contributed by atoms with Gasteiger partial charge in [-0.1, -0.05) is 48.5 Å². The number of carboxylic acid groups (broad SMARTS) is 1. The van der Waals surface area contributed by atoms with Crippen molar-refractivity contribution in [2.75, 3.05) is 13.2 Å². The number of halogens is 2. The predicted octanol–water partition coefficient (Wildman–Crippen LogP) is 3.78. The van der Waals surface area contributed by atoms with E-state index >= 15 is 0 Å². The summed E-state index contributed by atoms with van der Waals surface area (Å²) >= 11 is 0. The Balaban J connectivity index is 1.22. The minimum absolute atomic E-state index is 0.0802. The van der Waals surface area contributed by atoms with Crippen LogP contribution in [-0.4, -0.2) is 47.7 Å². The lowest BCUT2D eigenvalue weighted by atomic mass is 9.94. The van der Waals surface area contributed by atoms with Crippen molar-refractivity contribution in [1.82, 2.24) is 10.6 Å². The molecule has 3 aliphatic carbocycles. The van der Waals surface area contributed by atoms with E-state index in [0.29, 0.717) is 12.8 Å². The number of carbonyl (C=O) groups excluding carboxylic acids is 2. The molecule has 2 fully saturated rings. The lowest BCUT2D eigenvalue weighted by Gasteiger charge is -2.29. The second kappa shape index (κ2) is 8.32. The zero-order valence-corrected chi connectivity index (χ0v) is 19.1. The van der Waals surface area contributed by atoms with Gasteiger partial charge in [0, 0.05) is 12.5 Å². The molecule has 2 aromatic rings. The molecule has 0 heterocycles. The Hall–Kier alpha value is -3.49. The van der Waals surface area contributed by atoms with Crippen LogP contribution in [0.2, 0.25) is 0 Å². The summed E-state index contributed by atoms with van der Waals surface area (Å²) in [6, 6.07) is 15.8. The van der Waals surface area contributed by atoms with Crippen molar-refractivity contribution in [3.63, 3.8) is 0 Å². The molecule has 0 spiro atoms. The summed E-state index contributed by atoms with van der Waals surface area (Å²) in [4.78, 5) is 36.6. The third kappa shape index (κ3) is 4.02. The molecule has 3 aliphatic rings. The van der Waals surface area contributed by atoms with Gasteiger partial charge < -0.3 is 20.5 Å². The van der Waals surface area contributed by atoms with Crippen LogP contribution >= 0.6 is 0 Å². The van der Waals surface area contributed by atoms with Gasteiger partial charge in [0.1, 0.15) is 18.1 Å². The number of amides is 2.